The van der Waals surface area contributed by atoms with Gasteiger partial charge in [0.05, 0.1) is 11.3 Å². The van der Waals surface area contributed by atoms with Gasteiger partial charge < -0.3 is 10.6 Å². The van der Waals surface area contributed by atoms with E-state index in [1.807, 2.05) is 32.0 Å². The van der Waals surface area contributed by atoms with Crippen molar-refractivity contribution in [3.05, 3.63) is 94.0 Å². The number of carbonyl (C=O) groups excluding carboxylic acids is 2. The molecule has 2 amide bonds. The Balaban J connectivity index is 1.71. The number of amides is 2. The lowest BCUT2D eigenvalue weighted by Crippen LogP contribution is -2.34. The van der Waals surface area contributed by atoms with Gasteiger partial charge in [0.1, 0.15) is 0 Å². The molecule has 0 saturated carbocycles. The molecule has 3 aromatic rings. The molecule has 0 radical (unpaired) electrons. The van der Waals surface area contributed by atoms with Gasteiger partial charge in [-0.2, -0.15) is 0 Å². The number of benzene rings is 3. The molecule has 3 aromatic carbocycles. The van der Waals surface area contributed by atoms with Gasteiger partial charge in [-0.1, -0.05) is 35.9 Å². The number of hydrogen-bond donors (Lipinski definition) is 3. The van der Waals surface area contributed by atoms with Gasteiger partial charge in [0.15, 0.2) is 5.11 Å². The predicted molar refractivity (Wildman–Crippen MR) is 125 cm³/mol. The lowest BCUT2D eigenvalue weighted by Gasteiger charge is -2.14. The average Bonchev–Trinajstić information content (AvgIpc) is 2.71. The van der Waals surface area contributed by atoms with E-state index < -0.39 is 5.91 Å². The van der Waals surface area contributed by atoms with Gasteiger partial charge in [0, 0.05) is 16.3 Å². The first kappa shape index (κ1) is 21.5. The number of rotatable bonds is 4. The Hall–Kier alpha value is -3.22. The number of nitrogens with one attached hydrogen (secondary N) is 3. The maximum absolute atomic E-state index is 12.8. The monoisotopic (exact) mass is 437 g/mol. The van der Waals surface area contributed by atoms with E-state index in [4.69, 9.17) is 23.8 Å². The van der Waals surface area contributed by atoms with Crippen LogP contribution in [-0.2, 0) is 0 Å². The summed E-state index contributed by atoms with van der Waals surface area (Å²) in [7, 11) is 0. The van der Waals surface area contributed by atoms with E-state index in [0.717, 1.165) is 11.1 Å². The summed E-state index contributed by atoms with van der Waals surface area (Å²) < 4.78 is 0. The smallest absolute Gasteiger partial charge is 0.257 e. The highest BCUT2D eigenvalue weighted by molar-refractivity contribution is 7.80. The van der Waals surface area contributed by atoms with E-state index in [0.29, 0.717) is 27.5 Å². The molecule has 30 heavy (non-hydrogen) atoms. The number of halogens is 1. The molecule has 0 aromatic heterocycles. The third kappa shape index (κ3) is 5.43. The normalized spacial score (nSPS) is 10.2. The highest BCUT2D eigenvalue weighted by atomic mass is 35.5. The van der Waals surface area contributed by atoms with Gasteiger partial charge in [-0.25, -0.2) is 0 Å². The van der Waals surface area contributed by atoms with Crippen molar-refractivity contribution in [2.24, 2.45) is 0 Å². The van der Waals surface area contributed by atoms with Crippen LogP contribution in [0.15, 0.2) is 66.7 Å². The van der Waals surface area contributed by atoms with Crippen LogP contribution in [0.2, 0.25) is 5.02 Å². The van der Waals surface area contributed by atoms with Crippen molar-refractivity contribution < 1.29 is 9.59 Å². The van der Waals surface area contributed by atoms with Crippen molar-refractivity contribution in [3.63, 3.8) is 0 Å². The minimum absolute atomic E-state index is 0.0754. The Morgan fingerprint density at radius 1 is 0.833 bits per heavy atom. The Labute approximate surface area is 185 Å². The summed E-state index contributed by atoms with van der Waals surface area (Å²) in [5, 5.41) is 8.93. The fourth-order valence-corrected chi connectivity index (χ4v) is 3.16. The van der Waals surface area contributed by atoms with Crippen molar-refractivity contribution >= 4 is 52.1 Å². The molecule has 0 saturated heterocycles. The minimum Gasteiger partial charge on any atom is -0.332 e. The van der Waals surface area contributed by atoms with Crippen LogP contribution >= 0.6 is 23.8 Å². The predicted octanol–water partition coefficient (Wildman–Crippen LogP) is 5.34. The third-order valence-corrected chi connectivity index (χ3v) is 4.94. The highest BCUT2D eigenvalue weighted by Gasteiger charge is 2.14. The second kappa shape index (κ2) is 9.52. The Morgan fingerprint density at radius 2 is 1.60 bits per heavy atom. The van der Waals surface area contributed by atoms with Gasteiger partial charge in [0.2, 0.25) is 0 Å². The van der Waals surface area contributed by atoms with E-state index in [2.05, 4.69) is 16.0 Å². The second-order valence-corrected chi connectivity index (χ2v) is 7.56. The number of anilines is 2. The van der Waals surface area contributed by atoms with Crippen molar-refractivity contribution in [3.8, 4) is 0 Å². The lowest BCUT2D eigenvalue weighted by atomic mass is 10.1. The Bertz CT molecular complexity index is 1130. The zero-order valence-electron chi connectivity index (χ0n) is 16.5. The molecule has 0 spiro atoms. The van der Waals surface area contributed by atoms with E-state index in [-0.39, 0.29) is 11.0 Å². The Morgan fingerprint density at radius 3 is 2.33 bits per heavy atom. The van der Waals surface area contributed by atoms with Gasteiger partial charge in [-0.05, 0) is 79.7 Å². The van der Waals surface area contributed by atoms with E-state index >= 15 is 0 Å². The summed E-state index contributed by atoms with van der Waals surface area (Å²) in [6, 6.07) is 19.2. The third-order valence-electron chi connectivity index (χ3n) is 4.50. The van der Waals surface area contributed by atoms with Crippen LogP contribution in [0.25, 0.3) is 0 Å². The van der Waals surface area contributed by atoms with Crippen molar-refractivity contribution in [2.45, 2.75) is 13.8 Å². The molecule has 3 N–H and O–H groups in total. The standard InChI is InChI=1S/C23H20ClN3O2S/c1-14-10-11-18(12-15(14)2)25-22(29)19-8-3-4-9-20(19)26-23(30)27-21(28)16-6-5-7-17(24)13-16/h3-13H,1-2H3,(H,25,29)(H2,26,27,28,30). The maximum Gasteiger partial charge on any atom is 0.257 e. The first-order valence-corrected chi connectivity index (χ1v) is 9.97. The summed E-state index contributed by atoms with van der Waals surface area (Å²) in [4.78, 5) is 25.1. The fourth-order valence-electron chi connectivity index (χ4n) is 2.77. The van der Waals surface area contributed by atoms with E-state index in [1.54, 1.807) is 48.5 Å². The lowest BCUT2D eigenvalue weighted by molar-refractivity contribution is 0.0976. The quantitative estimate of drug-likeness (QED) is 0.482. The van der Waals surface area contributed by atoms with Crippen LogP contribution in [0.3, 0.4) is 0 Å². The zero-order valence-corrected chi connectivity index (χ0v) is 18.0. The molecule has 7 heteroatoms. The van der Waals surface area contributed by atoms with Crippen molar-refractivity contribution in [1.29, 1.82) is 0 Å². The van der Waals surface area contributed by atoms with Gasteiger partial charge in [-0.15, -0.1) is 0 Å². The topological polar surface area (TPSA) is 70.2 Å². The van der Waals surface area contributed by atoms with Crippen LogP contribution in [-0.4, -0.2) is 16.9 Å². The molecule has 0 aliphatic heterocycles. The van der Waals surface area contributed by atoms with Crippen LogP contribution in [0.4, 0.5) is 11.4 Å². The molecule has 3 rings (SSSR count). The molecular formula is C23H20ClN3O2S. The first-order chi connectivity index (χ1) is 14.3. The number of carbonyl (C=O) groups is 2. The Kier molecular flexibility index (Phi) is 6.82. The SMILES string of the molecule is Cc1ccc(NC(=O)c2ccccc2NC(=S)NC(=O)c2cccc(Cl)c2)cc1C. The van der Waals surface area contributed by atoms with E-state index in [9.17, 15) is 9.59 Å². The number of para-hydroxylation sites is 1. The number of hydrogen-bond acceptors (Lipinski definition) is 3. The molecule has 152 valence electrons. The minimum atomic E-state index is -0.396. The van der Waals surface area contributed by atoms with Crippen LogP contribution in [0, 0.1) is 13.8 Å². The maximum atomic E-state index is 12.8. The van der Waals surface area contributed by atoms with Crippen molar-refractivity contribution in [2.75, 3.05) is 10.6 Å². The molecular weight excluding hydrogens is 418 g/mol. The molecule has 0 aliphatic carbocycles. The highest BCUT2D eigenvalue weighted by Crippen LogP contribution is 2.19. The summed E-state index contributed by atoms with van der Waals surface area (Å²) in [5.74, 6) is -0.683. The number of aryl methyl sites for hydroxylation is 2. The second-order valence-electron chi connectivity index (χ2n) is 6.72. The average molecular weight is 438 g/mol. The molecule has 0 fully saturated rings. The van der Waals surface area contributed by atoms with Gasteiger partial charge >= 0.3 is 0 Å². The largest absolute Gasteiger partial charge is 0.332 e. The zero-order chi connectivity index (χ0) is 21.7. The molecule has 5 nitrogen and oxygen atoms in total. The molecule has 0 atom stereocenters. The summed E-state index contributed by atoms with van der Waals surface area (Å²) in [5.41, 5.74) is 4.20. The summed E-state index contributed by atoms with van der Waals surface area (Å²) in [6.07, 6.45) is 0. The van der Waals surface area contributed by atoms with Crippen LogP contribution < -0.4 is 16.0 Å². The summed E-state index contributed by atoms with van der Waals surface area (Å²) >= 11 is 11.2. The molecule has 0 bridgehead atoms. The van der Waals surface area contributed by atoms with E-state index in [1.165, 1.54) is 0 Å². The van der Waals surface area contributed by atoms with Crippen molar-refractivity contribution in [1.82, 2.24) is 5.32 Å². The van der Waals surface area contributed by atoms with Crippen LogP contribution in [0.5, 0.6) is 0 Å². The fraction of sp³-hybridized carbons (Fsp3) is 0.0870. The summed E-state index contributed by atoms with van der Waals surface area (Å²) in [6.45, 7) is 4.00. The molecule has 0 heterocycles. The van der Waals surface area contributed by atoms with Gasteiger partial charge in [0.25, 0.3) is 11.8 Å². The van der Waals surface area contributed by atoms with Crippen LogP contribution in [0.1, 0.15) is 31.8 Å². The molecule has 0 unspecified atom stereocenters. The molecule has 0 aliphatic rings. The first-order valence-electron chi connectivity index (χ1n) is 9.19. The number of thiocarbonyl (C=S) groups is 1. The van der Waals surface area contributed by atoms with Gasteiger partial charge in [-0.3, -0.25) is 14.9 Å².